The first-order chi connectivity index (χ1) is 9.38. The smallest absolute Gasteiger partial charge is 0.242 e. The largest absolute Gasteiger partial charge is 0.474 e. The van der Waals surface area contributed by atoms with Crippen molar-refractivity contribution in [3.63, 3.8) is 0 Å². The molecule has 3 rings (SSSR count). The SMILES string of the molecule is OCCOc1nccc2[nH]c(-c3ccccc3)nc12. The Hall–Kier alpha value is -2.40. The predicted octanol–water partition coefficient (Wildman–Crippen LogP) is 2.00. The maximum atomic E-state index is 8.80. The number of nitrogens with one attached hydrogen (secondary N) is 1. The number of aromatic nitrogens is 3. The van der Waals surface area contributed by atoms with Gasteiger partial charge in [-0.3, -0.25) is 0 Å². The van der Waals surface area contributed by atoms with E-state index in [1.165, 1.54) is 0 Å². The molecule has 2 N–H and O–H groups in total. The summed E-state index contributed by atoms with van der Waals surface area (Å²) in [4.78, 5) is 11.9. The third-order valence-electron chi connectivity index (χ3n) is 2.74. The Kier molecular flexibility index (Phi) is 3.12. The highest BCUT2D eigenvalue weighted by Gasteiger charge is 2.10. The number of ether oxygens (including phenoxy) is 1. The maximum absolute atomic E-state index is 8.80. The predicted molar refractivity (Wildman–Crippen MR) is 71.9 cm³/mol. The number of rotatable bonds is 4. The summed E-state index contributed by atoms with van der Waals surface area (Å²) in [6.07, 6.45) is 1.65. The van der Waals surface area contributed by atoms with Gasteiger partial charge in [-0.25, -0.2) is 9.97 Å². The number of aliphatic hydroxyl groups excluding tert-OH is 1. The van der Waals surface area contributed by atoms with Gasteiger partial charge in [0, 0.05) is 11.8 Å². The van der Waals surface area contributed by atoms with Crippen molar-refractivity contribution in [1.29, 1.82) is 0 Å². The molecule has 0 saturated heterocycles. The highest BCUT2D eigenvalue weighted by atomic mass is 16.5. The minimum absolute atomic E-state index is 0.0476. The van der Waals surface area contributed by atoms with Crippen LogP contribution in [-0.2, 0) is 0 Å². The Morgan fingerprint density at radius 3 is 2.79 bits per heavy atom. The molecule has 5 nitrogen and oxygen atoms in total. The summed E-state index contributed by atoms with van der Waals surface area (Å²) in [7, 11) is 0. The normalized spacial score (nSPS) is 10.8. The molecule has 0 aliphatic carbocycles. The van der Waals surface area contributed by atoms with Crippen molar-refractivity contribution in [2.45, 2.75) is 0 Å². The van der Waals surface area contributed by atoms with Crippen LogP contribution in [-0.4, -0.2) is 33.3 Å². The number of fused-ring (bicyclic) bond motifs is 1. The lowest BCUT2D eigenvalue weighted by molar-refractivity contribution is 0.198. The monoisotopic (exact) mass is 255 g/mol. The number of hydrogen-bond donors (Lipinski definition) is 2. The van der Waals surface area contributed by atoms with E-state index in [4.69, 9.17) is 9.84 Å². The molecule has 0 fully saturated rings. The van der Waals surface area contributed by atoms with Crippen LogP contribution in [0.15, 0.2) is 42.6 Å². The summed E-state index contributed by atoms with van der Waals surface area (Å²) in [5, 5.41) is 8.80. The number of aromatic amines is 1. The molecule has 96 valence electrons. The lowest BCUT2D eigenvalue weighted by Gasteiger charge is -2.02. The van der Waals surface area contributed by atoms with E-state index in [9.17, 15) is 0 Å². The Balaban J connectivity index is 2.05. The van der Waals surface area contributed by atoms with Gasteiger partial charge in [-0.1, -0.05) is 30.3 Å². The standard InChI is InChI=1S/C14H13N3O2/c18-8-9-19-14-12-11(6-7-15-14)16-13(17-12)10-4-2-1-3-5-10/h1-7,18H,8-9H2,(H,16,17). The molecule has 0 amide bonds. The van der Waals surface area contributed by atoms with Gasteiger partial charge in [-0.2, -0.15) is 0 Å². The van der Waals surface area contributed by atoms with Crippen molar-refractivity contribution >= 4 is 11.0 Å². The molecular formula is C14H13N3O2. The first kappa shape index (κ1) is 11.7. The van der Waals surface area contributed by atoms with Gasteiger partial charge in [0.1, 0.15) is 12.4 Å². The van der Waals surface area contributed by atoms with Crippen LogP contribution in [0.4, 0.5) is 0 Å². The molecule has 0 saturated carbocycles. The van der Waals surface area contributed by atoms with Gasteiger partial charge < -0.3 is 14.8 Å². The van der Waals surface area contributed by atoms with Crippen LogP contribution >= 0.6 is 0 Å². The zero-order chi connectivity index (χ0) is 13.1. The average Bonchev–Trinajstić information content (AvgIpc) is 2.90. The third-order valence-corrected chi connectivity index (χ3v) is 2.74. The second kappa shape index (κ2) is 5.07. The van der Waals surface area contributed by atoms with Gasteiger partial charge in [0.2, 0.25) is 5.88 Å². The van der Waals surface area contributed by atoms with Gasteiger partial charge in [0.25, 0.3) is 0 Å². The molecule has 0 bridgehead atoms. The molecule has 5 heteroatoms. The van der Waals surface area contributed by atoms with E-state index in [2.05, 4.69) is 15.0 Å². The highest BCUT2D eigenvalue weighted by molar-refractivity contribution is 5.83. The summed E-state index contributed by atoms with van der Waals surface area (Å²) in [5.74, 6) is 1.21. The highest BCUT2D eigenvalue weighted by Crippen LogP contribution is 2.25. The lowest BCUT2D eigenvalue weighted by atomic mass is 10.2. The zero-order valence-corrected chi connectivity index (χ0v) is 10.2. The Morgan fingerprint density at radius 1 is 1.16 bits per heavy atom. The quantitative estimate of drug-likeness (QED) is 0.748. The van der Waals surface area contributed by atoms with E-state index in [1.807, 2.05) is 36.4 Å². The van der Waals surface area contributed by atoms with Crippen molar-refractivity contribution in [3.8, 4) is 17.3 Å². The van der Waals surface area contributed by atoms with Gasteiger partial charge in [0.05, 0.1) is 12.1 Å². The molecule has 0 unspecified atom stereocenters. The minimum atomic E-state index is -0.0476. The lowest BCUT2D eigenvalue weighted by Crippen LogP contribution is -2.03. The third kappa shape index (κ3) is 2.28. The van der Waals surface area contributed by atoms with Crippen molar-refractivity contribution in [3.05, 3.63) is 42.6 Å². The fourth-order valence-electron chi connectivity index (χ4n) is 1.89. The molecule has 19 heavy (non-hydrogen) atoms. The number of benzene rings is 1. The number of imidazole rings is 1. The van der Waals surface area contributed by atoms with Crippen LogP contribution in [0.3, 0.4) is 0 Å². The van der Waals surface area contributed by atoms with E-state index in [0.29, 0.717) is 11.4 Å². The van der Waals surface area contributed by atoms with Crippen LogP contribution in [0.25, 0.3) is 22.4 Å². The van der Waals surface area contributed by atoms with Crippen LogP contribution in [0, 0.1) is 0 Å². The summed E-state index contributed by atoms with van der Waals surface area (Å²) < 4.78 is 5.37. The first-order valence-corrected chi connectivity index (χ1v) is 6.02. The molecule has 3 aromatic rings. The molecule has 1 aromatic carbocycles. The van der Waals surface area contributed by atoms with Gasteiger partial charge in [-0.05, 0) is 6.07 Å². The Morgan fingerprint density at radius 2 is 2.00 bits per heavy atom. The zero-order valence-electron chi connectivity index (χ0n) is 10.2. The Bertz CT molecular complexity index is 679. The average molecular weight is 255 g/mol. The fraction of sp³-hybridized carbons (Fsp3) is 0.143. The van der Waals surface area contributed by atoms with E-state index in [-0.39, 0.29) is 13.2 Å². The second-order valence-electron chi connectivity index (χ2n) is 4.04. The molecule has 0 spiro atoms. The maximum Gasteiger partial charge on any atom is 0.242 e. The van der Waals surface area contributed by atoms with Gasteiger partial charge in [-0.15, -0.1) is 0 Å². The number of pyridine rings is 1. The van der Waals surface area contributed by atoms with Gasteiger partial charge in [0.15, 0.2) is 5.52 Å². The van der Waals surface area contributed by atoms with Crippen LogP contribution in [0.2, 0.25) is 0 Å². The summed E-state index contributed by atoms with van der Waals surface area (Å²) in [6.45, 7) is 0.160. The summed E-state index contributed by atoms with van der Waals surface area (Å²) in [6, 6.07) is 11.7. The van der Waals surface area contributed by atoms with Crippen molar-refractivity contribution in [2.75, 3.05) is 13.2 Å². The molecule has 0 atom stereocenters. The number of aliphatic hydroxyl groups is 1. The van der Waals surface area contributed by atoms with E-state index < -0.39 is 0 Å². The fourth-order valence-corrected chi connectivity index (χ4v) is 1.89. The van der Waals surface area contributed by atoms with E-state index in [1.54, 1.807) is 6.20 Å². The number of nitrogens with zero attached hydrogens (tertiary/aromatic N) is 2. The van der Waals surface area contributed by atoms with E-state index >= 15 is 0 Å². The summed E-state index contributed by atoms with van der Waals surface area (Å²) >= 11 is 0. The molecular weight excluding hydrogens is 242 g/mol. The number of hydrogen-bond acceptors (Lipinski definition) is 4. The van der Waals surface area contributed by atoms with Gasteiger partial charge >= 0.3 is 0 Å². The van der Waals surface area contributed by atoms with Crippen LogP contribution < -0.4 is 4.74 Å². The van der Waals surface area contributed by atoms with Crippen molar-refractivity contribution in [1.82, 2.24) is 15.0 Å². The van der Waals surface area contributed by atoms with Crippen molar-refractivity contribution in [2.24, 2.45) is 0 Å². The van der Waals surface area contributed by atoms with Crippen LogP contribution in [0.1, 0.15) is 0 Å². The molecule has 0 aliphatic rings. The first-order valence-electron chi connectivity index (χ1n) is 6.02. The van der Waals surface area contributed by atoms with E-state index in [0.717, 1.165) is 16.9 Å². The summed E-state index contributed by atoms with van der Waals surface area (Å²) in [5.41, 5.74) is 2.54. The molecule has 2 aromatic heterocycles. The molecule has 2 heterocycles. The molecule has 0 radical (unpaired) electrons. The molecule has 0 aliphatic heterocycles. The van der Waals surface area contributed by atoms with Crippen LogP contribution in [0.5, 0.6) is 5.88 Å². The minimum Gasteiger partial charge on any atom is -0.474 e. The Labute approximate surface area is 109 Å². The topological polar surface area (TPSA) is 71.0 Å². The number of H-pyrrole nitrogens is 1. The second-order valence-corrected chi connectivity index (χ2v) is 4.04. The van der Waals surface area contributed by atoms with Crippen molar-refractivity contribution < 1.29 is 9.84 Å².